The number of aliphatic hydroxyl groups is 2. The molecule has 0 radical (unpaired) electrons. The van der Waals surface area contributed by atoms with Crippen molar-refractivity contribution in [2.45, 2.75) is 108 Å². The van der Waals surface area contributed by atoms with Crippen molar-refractivity contribution in [1.82, 2.24) is 10.2 Å². The fourth-order valence-corrected chi connectivity index (χ4v) is 7.53. The molecule has 13 nitrogen and oxygen atoms in total. The van der Waals surface area contributed by atoms with Gasteiger partial charge in [0.2, 0.25) is 11.8 Å². The molecule has 0 bridgehead atoms. The summed E-state index contributed by atoms with van der Waals surface area (Å²) in [5, 5.41) is 21.8. The lowest BCUT2D eigenvalue weighted by Gasteiger charge is -2.33. The Morgan fingerprint density at radius 2 is 1.81 bits per heavy atom. The maximum atomic E-state index is 14.3. The van der Waals surface area contributed by atoms with E-state index in [0.717, 1.165) is 11.1 Å². The van der Waals surface area contributed by atoms with Crippen LogP contribution in [0.2, 0.25) is 0 Å². The fraction of sp³-hybridized carbons (Fsp3) is 0.512. The molecule has 2 amide bonds. The summed E-state index contributed by atoms with van der Waals surface area (Å²) in [6, 6.07) is 13.3. The van der Waals surface area contributed by atoms with Gasteiger partial charge in [0, 0.05) is 37.8 Å². The highest BCUT2D eigenvalue weighted by molar-refractivity contribution is 5.98. The Hall–Kier alpha value is -4.56. The highest BCUT2D eigenvalue weighted by Crippen LogP contribution is 2.45. The summed E-state index contributed by atoms with van der Waals surface area (Å²) in [5.74, 6) is -2.79. The van der Waals surface area contributed by atoms with Crippen LogP contribution in [-0.2, 0) is 50.9 Å². The first-order valence-corrected chi connectivity index (χ1v) is 18.6. The molecule has 13 heteroatoms. The lowest BCUT2D eigenvalue weighted by molar-refractivity contribution is -0.172. The van der Waals surface area contributed by atoms with Gasteiger partial charge in [-0.05, 0) is 81.0 Å². The molecule has 54 heavy (non-hydrogen) atoms. The molecule has 3 N–H and O–H groups in total. The number of carbonyl (C=O) groups excluding carboxylic acids is 4. The topological polar surface area (TPSA) is 170 Å². The van der Waals surface area contributed by atoms with Crippen LogP contribution in [0.5, 0.6) is 0 Å². The van der Waals surface area contributed by atoms with Crippen LogP contribution in [0, 0.1) is 0 Å². The number of likely N-dealkylation sites (tertiary alicyclic amines) is 1. The molecule has 2 fully saturated rings. The van der Waals surface area contributed by atoms with Crippen molar-refractivity contribution in [3.8, 4) is 0 Å². The number of hydrogen-bond acceptors (Lipinski definition) is 11. The third kappa shape index (κ3) is 9.38. The standard InChI is InChI=1S/C41H50N2O11/c1-40(2,3)53-35(46)14-13-31(25-45)42-37(47)32-12-7-16-43(32)38(48)30-21-33(51-39(49)27-11-6-8-26(20-27)15-18-50-19-17-44)36-34(22-30)52-41(54-36)23-28-9-4-5-10-29(28)24-41/h4-6,8-11,15,18,20,22,31-34,36,44-45H,7,12-14,16-17,19,21,23-25H2,1-3H3,(H,42,47). The SMILES string of the molecule is CC(C)(C)OC(=O)CCC(CO)NC(=O)C1CCCN1C(=O)C1=CC2OC3(Cc4ccccc4C3)OC2C(OC(=O)c2cccc(C=COCCO)c2)C1. The van der Waals surface area contributed by atoms with Crippen LogP contribution in [0.25, 0.3) is 6.08 Å². The molecular weight excluding hydrogens is 696 g/mol. The van der Waals surface area contributed by atoms with Crippen LogP contribution >= 0.6 is 0 Å². The van der Waals surface area contributed by atoms with Crippen LogP contribution in [0.1, 0.15) is 79.9 Å². The van der Waals surface area contributed by atoms with Crippen molar-refractivity contribution >= 4 is 29.8 Å². The summed E-state index contributed by atoms with van der Waals surface area (Å²) in [7, 11) is 0. The number of aliphatic hydroxyl groups excluding tert-OH is 2. The predicted octanol–water partition coefficient (Wildman–Crippen LogP) is 3.39. The van der Waals surface area contributed by atoms with Gasteiger partial charge in [0.1, 0.15) is 36.6 Å². The first kappa shape index (κ1) is 39.1. The van der Waals surface area contributed by atoms with Gasteiger partial charge in [-0.3, -0.25) is 14.4 Å². The van der Waals surface area contributed by atoms with E-state index in [2.05, 4.69) is 5.32 Å². The Balaban J connectivity index is 1.18. The number of amides is 2. The lowest BCUT2D eigenvalue weighted by atomic mass is 9.91. The van der Waals surface area contributed by atoms with Crippen molar-refractivity contribution in [2.75, 3.05) is 26.4 Å². The van der Waals surface area contributed by atoms with Gasteiger partial charge in [-0.25, -0.2) is 4.79 Å². The number of benzene rings is 2. The zero-order valence-electron chi connectivity index (χ0n) is 31.0. The molecule has 1 spiro atoms. The largest absolute Gasteiger partial charge is 0.499 e. The maximum absolute atomic E-state index is 14.3. The Morgan fingerprint density at radius 1 is 1.06 bits per heavy atom. The van der Waals surface area contributed by atoms with Gasteiger partial charge < -0.3 is 44.1 Å². The van der Waals surface area contributed by atoms with Gasteiger partial charge in [0.15, 0.2) is 5.79 Å². The van der Waals surface area contributed by atoms with Crippen LogP contribution in [-0.4, -0.2) is 107 Å². The average molecular weight is 747 g/mol. The Kier molecular flexibility index (Phi) is 12.2. The fourth-order valence-electron chi connectivity index (χ4n) is 7.53. The second-order valence-corrected chi connectivity index (χ2v) is 15.2. The van der Waals surface area contributed by atoms with Gasteiger partial charge in [0.05, 0.1) is 31.1 Å². The number of rotatable bonds is 13. The van der Waals surface area contributed by atoms with Crippen molar-refractivity contribution < 1.29 is 53.1 Å². The Morgan fingerprint density at radius 3 is 2.52 bits per heavy atom. The summed E-state index contributed by atoms with van der Waals surface area (Å²) < 4.78 is 30.0. The Labute approximate surface area is 315 Å². The second-order valence-electron chi connectivity index (χ2n) is 15.2. The normalized spacial score (nSPS) is 23.4. The van der Waals surface area contributed by atoms with Gasteiger partial charge in [-0.15, -0.1) is 0 Å². The van der Waals surface area contributed by atoms with Crippen LogP contribution in [0.4, 0.5) is 0 Å². The Bertz CT molecular complexity index is 1740. The van der Waals surface area contributed by atoms with Crippen molar-refractivity contribution in [1.29, 1.82) is 0 Å². The molecule has 2 heterocycles. The van der Waals surface area contributed by atoms with E-state index in [1.165, 1.54) is 11.2 Å². The lowest BCUT2D eigenvalue weighted by Crippen LogP contribution is -2.51. The molecule has 2 aromatic carbocycles. The van der Waals surface area contributed by atoms with E-state index >= 15 is 0 Å². The number of nitrogens with zero attached hydrogens (tertiary/aromatic N) is 1. The molecule has 2 aromatic rings. The van der Waals surface area contributed by atoms with Gasteiger partial charge >= 0.3 is 11.9 Å². The van der Waals surface area contributed by atoms with Gasteiger partial charge in [-0.1, -0.05) is 36.4 Å². The third-order valence-corrected chi connectivity index (χ3v) is 9.94. The number of fused-ring (bicyclic) bond motifs is 2. The summed E-state index contributed by atoms with van der Waals surface area (Å²) in [6.07, 6.45) is 4.90. The molecular formula is C41H50N2O11. The minimum absolute atomic E-state index is 0.0142. The first-order chi connectivity index (χ1) is 25.9. The number of nitrogens with one attached hydrogen (secondary N) is 1. The van der Waals surface area contributed by atoms with Crippen molar-refractivity contribution in [3.05, 3.63) is 88.7 Å². The third-order valence-electron chi connectivity index (χ3n) is 9.94. The van der Waals surface area contributed by atoms with Crippen molar-refractivity contribution in [2.24, 2.45) is 0 Å². The van der Waals surface area contributed by atoms with E-state index in [1.54, 1.807) is 57.2 Å². The minimum atomic E-state index is -0.980. The molecule has 6 rings (SSSR count). The van der Waals surface area contributed by atoms with Crippen molar-refractivity contribution in [3.63, 3.8) is 0 Å². The summed E-state index contributed by atoms with van der Waals surface area (Å²) in [4.78, 5) is 55.3. The van der Waals surface area contributed by atoms with E-state index in [-0.39, 0.29) is 45.0 Å². The van der Waals surface area contributed by atoms with Gasteiger partial charge in [-0.2, -0.15) is 0 Å². The number of carbonyl (C=O) groups is 4. The molecule has 5 unspecified atom stereocenters. The van der Waals surface area contributed by atoms with E-state index in [4.69, 9.17) is 28.8 Å². The summed E-state index contributed by atoms with van der Waals surface area (Å²) in [5.41, 5.74) is 2.90. The predicted molar refractivity (Wildman–Crippen MR) is 196 cm³/mol. The molecule has 290 valence electrons. The molecule has 2 aliphatic heterocycles. The van der Waals surface area contributed by atoms with Crippen LogP contribution < -0.4 is 5.32 Å². The zero-order chi connectivity index (χ0) is 38.5. The number of esters is 2. The average Bonchev–Trinajstić information content (AvgIpc) is 3.87. The summed E-state index contributed by atoms with van der Waals surface area (Å²) >= 11 is 0. The quantitative estimate of drug-likeness (QED) is 0.156. The van der Waals surface area contributed by atoms with Gasteiger partial charge in [0.25, 0.3) is 0 Å². The molecule has 0 aromatic heterocycles. The highest BCUT2D eigenvalue weighted by atomic mass is 16.8. The molecule has 0 saturated carbocycles. The maximum Gasteiger partial charge on any atom is 0.338 e. The van der Waals surface area contributed by atoms with E-state index in [9.17, 15) is 24.3 Å². The zero-order valence-corrected chi connectivity index (χ0v) is 31.0. The molecule has 2 saturated heterocycles. The first-order valence-electron chi connectivity index (χ1n) is 18.6. The smallest absolute Gasteiger partial charge is 0.338 e. The van der Waals surface area contributed by atoms with Crippen LogP contribution in [0.15, 0.2) is 66.4 Å². The molecule has 2 aliphatic carbocycles. The molecule has 5 atom stereocenters. The number of hydrogen-bond donors (Lipinski definition) is 3. The molecule has 4 aliphatic rings. The second kappa shape index (κ2) is 16.8. The summed E-state index contributed by atoms with van der Waals surface area (Å²) in [6.45, 7) is 5.29. The highest BCUT2D eigenvalue weighted by Gasteiger charge is 2.55. The van der Waals surface area contributed by atoms with E-state index in [1.807, 2.05) is 24.3 Å². The minimum Gasteiger partial charge on any atom is -0.499 e. The monoisotopic (exact) mass is 746 g/mol. The number of ether oxygens (including phenoxy) is 5. The van der Waals surface area contributed by atoms with E-state index < -0.39 is 59.6 Å². The van der Waals surface area contributed by atoms with Crippen LogP contribution in [0.3, 0.4) is 0 Å². The van der Waals surface area contributed by atoms with E-state index in [0.29, 0.717) is 48.9 Å².